The number of rotatable bonds is 15. The zero-order chi connectivity index (χ0) is 23.8. The first-order valence-electron chi connectivity index (χ1n) is 12.5. The molecule has 1 aromatic heterocycles. The van der Waals surface area contributed by atoms with Crippen LogP contribution in [-0.4, -0.2) is 23.4 Å². The van der Waals surface area contributed by atoms with Gasteiger partial charge in [-0.3, -0.25) is 0 Å². The molecule has 1 heterocycles. The van der Waals surface area contributed by atoms with Crippen LogP contribution in [0.5, 0.6) is 11.5 Å². The van der Waals surface area contributed by atoms with Crippen molar-refractivity contribution in [3.05, 3.63) is 66.4 Å². The Labute approximate surface area is 208 Å². The maximum atomic E-state index is 5.79. The summed E-state index contributed by atoms with van der Waals surface area (Å²) >= 11 is 1.58. The Morgan fingerprint density at radius 1 is 0.706 bits per heavy atom. The third-order valence-electron chi connectivity index (χ3n) is 5.42. The van der Waals surface area contributed by atoms with Gasteiger partial charge in [0.25, 0.3) is 0 Å². The van der Waals surface area contributed by atoms with E-state index in [-0.39, 0.29) is 0 Å². The Balaban J connectivity index is 1.46. The smallest absolute Gasteiger partial charge is 0.148 e. The quantitative estimate of drug-likeness (QED) is 0.163. The van der Waals surface area contributed by atoms with E-state index in [4.69, 9.17) is 9.47 Å². The molecular weight excluding hydrogens is 440 g/mol. The summed E-state index contributed by atoms with van der Waals surface area (Å²) in [5.74, 6) is 1.73. The van der Waals surface area contributed by atoms with Crippen LogP contribution in [-0.2, 0) is 0 Å². The summed E-state index contributed by atoms with van der Waals surface area (Å²) in [4.78, 5) is 0. The van der Waals surface area contributed by atoms with Crippen LogP contribution in [0.1, 0.15) is 65.2 Å². The Morgan fingerprint density at radius 2 is 1.29 bits per heavy atom. The Hall–Kier alpha value is -2.88. The van der Waals surface area contributed by atoms with Crippen LogP contribution >= 0.6 is 11.3 Å². The van der Waals surface area contributed by atoms with E-state index >= 15 is 0 Å². The molecule has 5 heteroatoms. The van der Waals surface area contributed by atoms with Crippen LogP contribution < -0.4 is 9.47 Å². The normalized spacial score (nSPS) is 10.5. The van der Waals surface area contributed by atoms with Gasteiger partial charge in [-0.1, -0.05) is 57.3 Å². The molecule has 0 saturated heterocycles. The van der Waals surface area contributed by atoms with Gasteiger partial charge in [-0.2, -0.15) is 0 Å². The Kier molecular flexibility index (Phi) is 11.4. The minimum atomic E-state index is 0.521. The summed E-state index contributed by atoms with van der Waals surface area (Å²) in [6.45, 7) is 5.68. The maximum Gasteiger partial charge on any atom is 0.148 e. The Bertz CT molecular complexity index is 1020. The van der Waals surface area contributed by atoms with E-state index in [0.29, 0.717) is 6.61 Å². The highest BCUT2D eigenvalue weighted by atomic mass is 32.1. The van der Waals surface area contributed by atoms with Gasteiger partial charge < -0.3 is 9.47 Å². The van der Waals surface area contributed by atoms with Crippen molar-refractivity contribution in [2.75, 3.05) is 13.2 Å². The van der Waals surface area contributed by atoms with Crippen LogP contribution in [0.4, 0.5) is 0 Å². The lowest BCUT2D eigenvalue weighted by Crippen LogP contribution is -1.95. The van der Waals surface area contributed by atoms with E-state index in [1.807, 2.05) is 54.6 Å². The maximum absolute atomic E-state index is 5.79. The van der Waals surface area contributed by atoms with Gasteiger partial charge in [-0.05, 0) is 79.9 Å². The van der Waals surface area contributed by atoms with Gasteiger partial charge in [0.15, 0.2) is 0 Å². The van der Waals surface area contributed by atoms with E-state index in [9.17, 15) is 0 Å². The standard InChI is InChI=1S/C29H36N2O2S/c1-3-5-7-8-9-10-11-12-13-23-33-27-20-16-25(17-21-27)29-31-30-28(34-29)24-14-18-26(19-15-24)32-22-6-4-2/h11,13-21H,3-10,22-23H2,1-2H3. The Morgan fingerprint density at radius 3 is 1.91 bits per heavy atom. The molecule has 3 aromatic rings. The summed E-state index contributed by atoms with van der Waals surface area (Å²) < 4.78 is 11.5. The van der Waals surface area contributed by atoms with Crippen LogP contribution in [0.15, 0.2) is 66.4 Å². The number of ether oxygens (including phenoxy) is 2. The molecule has 0 radical (unpaired) electrons. The van der Waals surface area contributed by atoms with Gasteiger partial charge >= 0.3 is 0 Å². The highest BCUT2D eigenvalue weighted by molar-refractivity contribution is 7.17. The average molecular weight is 477 g/mol. The first-order valence-corrected chi connectivity index (χ1v) is 13.3. The van der Waals surface area contributed by atoms with Gasteiger partial charge in [0.1, 0.15) is 28.1 Å². The number of unbranched alkanes of at least 4 members (excludes halogenated alkanes) is 6. The lowest BCUT2D eigenvalue weighted by Gasteiger charge is -2.05. The minimum Gasteiger partial charge on any atom is -0.494 e. The second-order valence-corrected chi connectivity index (χ2v) is 9.23. The molecule has 4 nitrogen and oxygen atoms in total. The van der Waals surface area contributed by atoms with Crippen molar-refractivity contribution in [2.24, 2.45) is 0 Å². The van der Waals surface area contributed by atoms with Crippen LogP contribution in [0.3, 0.4) is 0 Å². The number of hydrogen-bond acceptors (Lipinski definition) is 5. The van der Waals surface area contributed by atoms with E-state index < -0.39 is 0 Å². The zero-order valence-corrected chi connectivity index (χ0v) is 21.3. The minimum absolute atomic E-state index is 0.521. The first kappa shape index (κ1) is 25.7. The molecule has 180 valence electrons. The van der Waals surface area contributed by atoms with Crippen molar-refractivity contribution < 1.29 is 9.47 Å². The number of aromatic nitrogens is 2. The van der Waals surface area contributed by atoms with Gasteiger partial charge in [-0.25, -0.2) is 0 Å². The predicted octanol–water partition coefficient (Wildman–Crippen LogP) is 8.50. The third kappa shape index (κ3) is 8.81. The fourth-order valence-corrected chi connectivity index (χ4v) is 4.24. The highest BCUT2D eigenvalue weighted by Gasteiger charge is 2.09. The molecule has 0 N–H and O–H groups in total. The van der Waals surface area contributed by atoms with Gasteiger partial charge in [0.05, 0.1) is 6.61 Å². The van der Waals surface area contributed by atoms with E-state index in [0.717, 1.165) is 58.5 Å². The van der Waals surface area contributed by atoms with Crippen LogP contribution in [0.2, 0.25) is 0 Å². The SMILES string of the molecule is CCCCCCCC=C=CCOc1ccc(-c2nnc(-c3ccc(OCCCC)cc3)s2)cc1. The molecule has 0 aliphatic carbocycles. The molecule has 0 unspecified atom stereocenters. The summed E-state index contributed by atoms with van der Waals surface area (Å²) in [5, 5.41) is 10.6. The summed E-state index contributed by atoms with van der Waals surface area (Å²) in [6, 6.07) is 16.1. The molecule has 0 atom stereocenters. The van der Waals surface area contributed by atoms with Crippen molar-refractivity contribution in [3.63, 3.8) is 0 Å². The number of benzene rings is 2. The topological polar surface area (TPSA) is 44.2 Å². The lowest BCUT2D eigenvalue weighted by molar-refractivity contribution is 0.309. The third-order valence-corrected chi connectivity index (χ3v) is 6.44. The lowest BCUT2D eigenvalue weighted by atomic mass is 10.1. The molecule has 0 bridgehead atoms. The number of hydrogen-bond donors (Lipinski definition) is 0. The fourth-order valence-electron chi connectivity index (χ4n) is 3.38. The van der Waals surface area contributed by atoms with Gasteiger partial charge in [0.2, 0.25) is 0 Å². The molecule has 2 aromatic carbocycles. The molecule has 3 rings (SSSR count). The van der Waals surface area contributed by atoms with Crippen molar-refractivity contribution in [1.29, 1.82) is 0 Å². The molecule has 0 amide bonds. The van der Waals surface area contributed by atoms with Crippen molar-refractivity contribution in [2.45, 2.75) is 65.2 Å². The second kappa shape index (κ2) is 15.1. The van der Waals surface area contributed by atoms with Crippen LogP contribution in [0, 0.1) is 0 Å². The number of nitrogens with zero attached hydrogens (tertiary/aromatic N) is 2. The zero-order valence-electron chi connectivity index (χ0n) is 20.5. The molecule has 34 heavy (non-hydrogen) atoms. The first-order chi connectivity index (χ1) is 16.8. The van der Waals surface area contributed by atoms with Crippen LogP contribution in [0.25, 0.3) is 21.1 Å². The average Bonchev–Trinajstić information content (AvgIpc) is 3.36. The molecule has 0 aliphatic heterocycles. The van der Waals surface area contributed by atoms with E-state index in [2.05, 4.69) is 35.9 Å². The summed E-state index contributed by atoms with van der Waals surface area (Å²) in [7, 11) is 0. The molecule has 0 aliphatic rings. The van der Waals surface area contributed by atoms with Crippen molar-refractivity contribution in [3.8, 4) is 32.6 Å². The largest absolute Gasteiger partial charge is 0.494 e. The second-order valence-electron chi connectivity index (χ2n) is 8.25. The molecule has 0 spiro atoms. The van der Waals surface area contributed by atoms with Gasteiger partial charge in [0, 0.05) is 11.1 Å². The predicted molar refractivity (Wildman–Crippen MR) is 143 cm³/mol. The molecule has 0 saturated carbocycles. The fraction of sp³-hybridized carbons (Fsp3) is 0.414. The summed E-state index contributed by atoms with van der Waals surface area (Å²) in [6.07, 6.45) is 13.9. The van der Waals surface area contributed by atoms with Crippen molar-refractivity contribution in [1.82, 2.24) is 10.2 Å². The van der Waals surface area contributed by atoms with E-state index in [1.54, 1.807) is 11.3 Å². The van der Waals surface area contributed by atoms with Gasteiger partial charge in [-0.15, -0.1) is 15.9 Å². The van der Waals surface area contributed by atoms with Crippen molar-refractivity contribution >= 4 is 11.3 Å². The molecular formula is C29H36N2O2S. The highest BCUT2D eigenvalue weighted by Crippen LogP contribution is 2.31. The van der Waals surface area contributed by atoms with E-state index in [1.165, 1.54) is 32.1 Å². The molecule has 0 fully saturated rings. The monoisotopic (exact) mass is 476 g/mol. The summed E-state index contributed by atoms with van der Waals surface area (Å²) in [5.41, 5.74) is 5.30.